The third kappa shape index (κ3) is 2.01. The molecule has 0 saturated carbocycles. The highest BCUT2D eigenvalue weighted by molar-refractivity contribution is 5.91. The number of methoxy groups -OCH3 is 1. The van der Waals surface area contributed by atoms with E-state index >= 15 is 0 Å². The van der Waals surface area contributed by atoms with Gasteiger partial charge in [-0.25, -0.2) is 9.48 Å². The van der Waals surface area contributed by atoms with Crippen LogP contribution in [-0.4, -0.2) is 22.9 Å². The molecule has 0 aliphatic heterocycles. The van der Waals surface area contributed by atoms with E-state index in [1.165, 1.54) is 7.11 Å². The van der Waals surface area contributed by atoms with Crippen molar-refractivity contribution in [2.75, 3.05) is 7.11 Å². The van der Waals surface area contributed by atoms with Gasteiger partial charge in [-0.15, -0.1) is 0 Å². The van der Waals surface area contributed by atoms with E-state index in [9.17, 15) is 4.79 Å². The number of hydrogen-bond donors (Lipinski definition) is 0. The number of esters is 1. The first kappa shape index (κ1) is 12.4. The molecule has 0 aliphatic rings. The summed E-state index contributed by atoms with van der Waals surface area (Å²) in [6, 6.07) is 7.99. The quantitative estimate of drug-likeness (QED) is 0.763. The molecule has 1 aromatic heterocycles. The van der Waals surface area contributed by atoms with E-state index in [0.717, 1.165) is 16.9 Å². The van der Waals surface area contributed by atoms with Gasteiger partial charge < -0.3 is 4.74 Å². The lowest BCUT2D eigenvalue weighted by atomic mass is 10.2. The molecule has 0 fully saturated rings. The smallest absolute Gasteiger partial charge is 0.341 e. The van der Waals surface area contributed by atoms with Crippen LogP contribution in [0.1, 0.15) is 27.3 Å². The number of carbonyl (C=O) groups excluding carboxylic acids is 1. The fraction of sp³-hybridized carbons (Fsp3) is 0.286. The summed E-state index contributed by atoms with van der Waals surface area (Å²) in [6.07, 6.45) is 0. The van der Waals surface area contributed by atoms with Crippen LogP contribution in [0, 0.1) is 20.8 Å². The Morgan fingerprint density at radius 3 is 2.61 bits per heavy atom. The molecule has 0 unspecified atom stereocenters. The van der Waals surface area contributed by atoms with Gasteiger partial charge in [-0.2, -0.15) is 5.10 Å². The zero-order valence-electron chi connectivity index (χ0n) is 11.0. The number of ether oxygens (including phenoxy) is 1. The molecule has 2 rings (SSSR count). The van der Waals surface area contributed by atoms with E-state index < -0.39 is 0 Å². The van der Waals surface area contributed by atoms with Crippen molar-refractivity contribution in [3.05, 3.63) is 46.8 Å². The zero-order chi connectivity index (χ0) is 13.3. The van der Waals surface area contributed by atoms with E-state index in [2.05, 4.69) is 5.10 Å². The van der Waals surface area contributed by atoms with E-state index in [0.29, 0.717) is 11.3 Å². The second-order valence-corrected chi connectivity index (χ2v) is 4.29. The fourth-order valence-corrected chi connectivity index (χ4v) is 2.05. The average Bonchev–Trinajstić information content (AvgIpc) is 2.64. The van der Waals surface area contributed by atoms with E-state index in [1.807, 2.05) is 45.0 Å². The van der Waals surface area contributed by atoms with Crippen molar-refractivity contribution in [3.63, 3.8) is 0 Å². The van der Waals surface area contributed by atoms with Crippen molar-refractivity contribution in [1.29, 1.82) is 0 Å². The summed E-state index contributed by atoms with van der Waals surface area (Å²) in [6.45, 7) is 5.70. The maximum Gasteiger partial charge on any atom is 0.341 e. The largest absolute Gasteiger partial charge is 0.465 e. The number of nitrogens with zero attached hydrogens (tertiary/aromatic N) is 2. The van der Waals surface area contributed by atoms with Crippen molar-refractivity contribution < 1.29 is 9.53 Å². The maximum absolute atomic E-state index is 11.7. The Balaban J connectivity index is 2.57. The first-order valence-electron chi connectivity index (χ1n) is 5.76. The molecule has 1 aromatic carbocycles. The molecule has 4 heteroatoms. The molecule has 1 heterocycles. The summed E-state index contributed by atoms with van der Waals surface area (Å²) in [5, 5.41) is 4.41. The molecule has 4 nitrogen and oxygen atoms in total. The second-order valence-electron chi connectivity index (χ2n) is 4.29. The van der Waals surface area contributed by atoms with Crippen molar-refractivity contribution in [2.24, 2.45) is 0 Å². The summed E-state index contributed by atoms with van der Waals surface area (Å²) in [5.74, 6) is -0.344. The highest BCUT2D eigenvalue weighted by Crippen LogP contribution is 2.19. The highest BCUT2D eigenvalue weighted by atomic mass is 16.5. The van der Waals surface area contributed by atoms with Gasteiger partial charge in [0.1, 0.15) is 5.56 Å². The first-order valence-corrected chi connectivity index (χ1v) is 5.76. The Bertz CT molecular complexity index is 600. The van der Waals surface area contributed by atoms with Crippen LogP contribution in [0.2, 0.25) is 0 Å². The molecule has 94 valence electrons. The minimum Gasteiger partial charge on any atom is -0.465 e. The molecule has 0 atom stereocenters. The van der Waals surface area contributed by atoms with Gasteiger partial charge >= 0.3 is 5.97 Å². The third-order valence-electron chi connectivity index (χ3n) is 2.93. The lowest BCUT2D eigenvalue weighted by Gasteiger charge is -2.05. The predicted molar refractivity (Wildman–Crippen MR) is 69.1 cm³/mol. The topological polar surface area (TPSA) is 44.1 Å². The Morgan fingerprint density at radius 2 is 2.00 bits per heavy atom. The zero-order valence-corrected chi connectivity index (χ0v) is 11.0. The van der Waals surface area contributed by atoms with Gasteiger partial charge in [0.2, 0.25) is 0 Å². The van der Waals surface area contributed by atoms with Crippen molar-refractivity contribution in [1.82, 2.24) is 9.78 Å². The number of aryl methyl sites for hydroxylation is 2. The monoisotopic (exact) mass is 244 g/mol. The number of rotatable bonds is 2. The second kappa shape index (κ2) is 4.64. The van der Waals surface area contributed by atoms with Gasteiger partial charge in [-0.3, -0.25) is 0 Å². The van der Waals surface area contributed by atoms with Gasteiger partial charge in [0.05, 0.1) is 24.2 Å². The van der Waals surface area contributed by atoms with Crippen LogP contribution in [-0.2, 0) is 4.74 Å². The normalized spacial score (nSPS) is 10.4. The Labute approximate surface area is 106 Å². The molecule has 0 N–H and O–H groups in total. The molecule has 0 aliphatic carbocycles. The van der Waals surface area contributed by atoms with Crippen molar-refractivity contribution >= 4 is 5.97 Å². The van der Waals surface area contributed by atoms with Gasteiger partial charge in [0, 0.05) is 0 Å². The number of aromatic nitrogens is 2. The fourth-order valence-electron chi connectivity index (χ4n) is 2.05. The summed E-state index contributed by atoms with van der Waals surface area (Å²) in [7, 11) is 1.38. The van der Waals surface area contributed by atoms with Gasteiger partial charge in [0.25, 0.3) is 0 Å². The minimum atomic E-state index is -0.344. The number of benzene rings is 1. The lowest BCUT2D eigenvalue weighted by molar-refractivity contribution is 0.0599. The predicted octanol–water partition coefficient (Wildman–Crippen LogP) is 2.58. The minimum absolute atomic E-state index is 0.344. The van der Waals surface area contributed by atoms with Crippen LogP contribution in [0.5, 0.6) is 0 Å². The molecule has 0 spiro atoms. The first-order chi connectivity index (χ1) is 8.54. The molecular formula is C14H16N2O2. The number of carbonyl (C=O) groups is 1. The van der Waals surface area contributed by atoms with Crippen molar-refractivity contribution in [3.8, 4) is 5.69 Å². The van der Waals surface area contributed by atoms with Crippen molar-refractivity contribution in [2.45, 2.75) is 20.8 Å². The molecule has 2 aromatic rings. The molecule has 0 saturated heterocycles. The molecular weight excluding hydrogens is 228 g/mol. The van der Waals surface area contributed by atoms with Gasteiger partial charge in [-0.05, 0) is 38.5 Å². The maximum atomic E-state index is 11.7. The van der Waals surface area contributed by atoms with E-state index in [1.54, 1.807) is 4.68 Å². The third-order valence-corrected chi connectivity index (χ3v) is 2.93. The summed E-state index contributed by atoms with van der Waals surface area (Å²) >= 11 is 0. The van der Waals surface area contributed by atoms with Crippen LogP contribution in [0.4, 0.5) is 0 Å². The number of hydrogen-bond acceptors (Lipinski definition) is 3. The summed E-state index contributed by atoms with van der Waals surface area (Å²) < 4.78 is 6.55. The van der Waals surface area contributed by atoms with Crippen LogP contribution in [0.15, 0.2) is 24.3 Å². The standard InChI is InChI=1S/C14H16N2O2/c1-9-6-5-7-12(8-9)16-11(3)13(10(2)15-16)14(17)18-4/h5-8H,1-4H3. The Morgan fingerprint density at radius 1 is 1.28 bits per heavy atom. The molecule has 0 radical (unpaired) electrons. The summed E-state index contributed by atoms with van der Waals surface area (Å²) in [5.41, 5.74) is 4.12. The molecule has 0 bridgehead atoms. The lowest BCUT2D eigenvalue weighted by Crippen LogP contribution is -2.05. The molecule has 0 amide bonds. The Kier molecular flexibility index (Phi) is 3.19. The van der Waals surface area contributed by atoms with Crippen LogP contribution in [0.3, 0.4) is 0 Å². The van der Waals surface area contributed by atoms with Crippen LogP contribution < -0.4 is 0 Å². The van der Waals surface area contributed by atoms with Crippen LogP contribution >= 0.6 is 0 Å². The Hall–Kier alpha value is -2.10. The van der Waals surface area contributed by atoms with E-state index in [4.69, 9.17) is 4.74 Å². The van der Waals surface area contributed by atoms with E-state index in [-0.39, 0.29) is 5.97 Å². The average molecular weight is 244 g/mol. The van der Waals surface area contributed by atoms with Crippen LogP contribution in [0.25, 0.3) is 5.69 Å². The molecule has 18 heavy (non-hydrogen) atoms. The highest BCUT2D eigenvalue weighted by Gasteiger charge is 2.19. The SMILES string of the molecule is COC(=O)c1c(C)nn(-c2cccc(C)c2)c1C. The summed E-state index contributed by atoms with van der Waals surface area (Å²) in [4.78, 5) is 11.7. The van der Waals surface area contributed by atoms with Gasteiger partial charge in [-0.1, -0.05) is 12.1 Å². The van der Waals surface area contributed by atoms with Gasteiger partial charge in [0.15, 0.2) is 0 Å².